The smallest absolute Gasteiger partial charge is 0.272 e. The van der Waals surface area contributed by atoms with Crippen LogP contribution >= 0.6 is 23.2 Å². The Bertz CT molecular complexity index is 1120. The van der Waals surface area contributed by atoms with Crippen LogP contribution in [-0.2, 0) is 13.0 Å². The maximum absolute atomic E-state index is 12.9. The van der Waals surface area contributed by atoms with Crippen LogP contribution in [0.25, 0.3) is 0 Å². The van der Waals surface area contributed by atoms with E-state index in [1.54, 1.807) is 29.3 Å². The highest BCUT2D eigenvalue weighted by Crippen LogP contribution is 2.40. The Morgan fingerprint density at radius 3 is 2.57 bits per heavy atom. The predicted octanol–water partition coefficient (Wildman–Crippen LogP) is 5.29. The van der Waals surface area contributed by atoms with Gasteiger partial charge in [0.25, 0.3) is 11.6 Å². The van der Waals surface area contributed by atoms with E-state index in [0.29, 0.717) is 30.8 Å². The number of non-ortho nitro benzene ring substituents is 1. The fraction of sp³-hybridized carbons (Fsp3) is 0.143. The second-order valence-corrected chi connectivity index (χ2v) is 7.53. The number of amides is 1. The summed E-state index contributed by atoms with van der Waals surface area (Å²) in [6, 6.07) is 13.1. The average Bonchev–Trinajstić information content (AvgIpc) is 2.73. The molecule has 0 saturated heterocycles. The Hall–Kier alpha value is -3.16. The summed E-state index contributed by atoms with van der Waals surface area (Å²) in [5.74, 6) is 0.500. The molecule has 2 heterocycles. The molecule has 0 fully saturated rings. The van der Waals surface area contributed by atoms with Gasteiger partial charge >= 0.3 is 0 Å². The summed E-state index contributed by atoms with van der Waals surface area (Å²) in [7, 11) is 0. The van der Waals surface area contributed by atoms with Gasteiger partial charge in [-0.25, -0.2) is 0 Å². The molecule has 0 bridgehead atoms. The molecule has 1 aliphatic rings. The molecule has 7 nitrogen and oxygen atoms in total. The second-order valence-electron chi connectivity index (χ2n) is 6.71. The number of ether oxygens (including phenoxy) is 1. The Morgan fingerprint density at radius 2 is 1.90 bits per heavy atom. The van der Waals surface area contributed by atoms with E-state index in [4.69, 9.17) is 27.9 Å². The number of nitro benzene ring substituents is 1. The first-order valence-corrected chi connectivity index (χ1v) is 9.81. The van der Waals surface area contributed by atoms with Crippen LogP contribution in [0.1, 0.15) is 21.6 Å². The summed E-state index contributed by atoms with van der Waals surface area (Å²) in [4.78, 5) is 29.2. The number of carbonyl (C=O) groups excluding carboxylic acids is 1. The fourth-order valence-corrected chi connectivity index (χ4v) is 3.83. The maximum Gasteiger partial charge on any atom is 0.272 e. The minimum atomic E-state index is -0.581. The van der Waals surface area contributed by atoms with Crippen molar-refractivity contribution in [2.75, 3.05) is 6.54 Å². The van der Waals surface area contributed by atoms with Crippen molar-refractivity contribution in [2.45, 2.75) is 13.0 Å². The van der Waals surface area contributed by atoms with Crippen molar-refractivity contribution in [1.29, 1.82) is 0 Å². The zero-order chi connectivity index (χ0) is 21.3. The maximum atomic E-state index is 12.9. The fourth-order valence-electron chi connectivity index (χ4n) is 3.28. The van der Waals surface area contributed by atoms with Gasteiger partial charge in [0.15, 0.2) is 5.75 Å². The van der Waals surface area contributed by atoms with Crippen LogP contribution in [-0.4, -0.2) is 27.3 Å². The Balaban J connectivity index is 1.55. The van der Waals surface area contributed by atoms with Gasteiger partial charge in [-0.05, 0) is 42.3 Å². The average molecular weight is 444 g/mol. The van der Waals surface area contributed by atoms with E-state index in [2.05, 4.69) is 4.98 Å². The van der Waals surface area contributed by atoms with Gasteiger partial charge < -0.3 is 9.64 Å². The molecule has 1 aromatic heterocycles. The Morgan fingerprint density at radius 1 is 1.13 bits per heavy atom. The van der Waals surface area contributed by atoms with Crippen LogP contribution in [0.3, 0.4) is 0 Å². The van der Waals surface area contributed by atoms with Gasteiger partial charge in [0.1, 0.15) is 5.75 Å². The first-order chi connectivity index (χ1) is 14.4. The molecular formula is C21H15Cl2N3O4. The van der Waals surface area contributed by atoms with E-state index in [0.717, 1.165) is 11.3 Å². The second kappa shape index (κ2) is 8.30. The number of benzene rings is 2. The molecule has 0 aliphatic carbocycles. The predicted molar refractivity (Wildman–Crippen MR) is 112 cm³/mol. The van der Waals surface area contributed by atoms with Crippen molar-refractivity contribution in [3.63, 3.8) is 0 Å². The molecule has 1 amide bonds. The summed E-state index contributed by atoms with van der Waals surface area (Å²) in [5.41, 5.74) is 2.06. The van der Waals surface area contributed by atoms with Crippen LogP contribution in [0.5, 0.6) is 11.5 Å². The number of hydrogen-bond donors (Lipinski definition) is 0. The number of fused-ring (bicyclic) bond motifs is 1. The zero-order valence-corrected chi connectivity index (χ0v) is 17.1. The molecule has 4 rings (SSSR count). The van der Waals surface area contributed by atoms with Crippen molar-refractivity contribution in [3.05, 3.63) is 91.7 Å². The van der Waals surface area contributed by atoms with Crippen molar-refractivity contribution in [2.24, 2.45) is 0 Å². The number of hydrogen-bond acceptors (Lipinski definition) is 5. The first-order valence-electron chi connectivity index (χ1n) is 9.06. The molecule has 2 aromatic carbocycles. The molecule has 0 saturated carbocycles. The number of aromatic nitrogens is 1. The first kappa shape index (κ1) is 20.1. The lowest BCUT2D eigenvalue weighted by Gasteiger charge is -2.28. The molecule has 0 atom stereocenters. The molecule has 0 spiro atoms. The lowest BCUT2D eigenvalue weighted by atomic mass is 9.98. The zero-order valence-electron chi connectivity index (χ0n) is 15.5. The largest absolute Gasteiger partial charge is 0.454 e. The number of nitro groups is 1. The van der Waals surface area contributed by atoms with Crippen LogP contribution in [0.4, 0.5) is 5.69 Å². The van der Waals surface area contributed by atoms with Gasteiger partial charge in [-0.3, -0.25) is 19.9 Å². The molecule has 0 radical (unpaired) electrons. The monoisotopic (exact) mass is 443 g/mol. The Kier molecular flexibility index (Phi) is 5.57. The van der Waals surface area contributed by atoms with Crippen molar-refractivity contribution >= 4 is 34.8 Å². The molecule has 0 unspecified atom stereocenters. The molecule has 0 N–H and O–H groups in total. The lowest BCUT2D eigenvalue weighted by Crippen LogP contribution is -2.37. The summed E-state index contributed by atoms with van der Waals surface area (Å²) < 4.78 is 5.78. The van der Waals surface area contributed by atoms with Gasteiger partial charge in [0, 0.05) is 30.4 Å². The third kappa shape index (κ3) is 4.08. The van der Waals surface area contributed by atoms with Gasteiger partial charge in [0.05, 0.1) is 27.2 Å². The van der Waals surface area contributed by atoms with Crippen LogP contribution in [0.15, 0.2) is 54.7 Å². The third-order valence-electron chi connectivity index (χ3n) is 4.74. The third-order valence-corrected chi connectivity index (χ3v) is 5.30. The van der Waals surface area contributed by atoms with Gasteiger partial charge in [-0.2, -0.15) is 0 Å². The highest BCUT2D eigenvalue weighted by Gasteiger charge is 2.25. The van der Waals surface area contributed by atoms with Gasteiger partial charge in [0.2, 0.25) is 0 Å². The van der Waals surface area contributed by atoms with Crippen molar-refractivity contribution in [3.8, 4) is 11.5 Å². The molecule has 9 heteroatoms. The van der Waals surface area contributed by atoms with Crippen molar-refractivity contribution in [1.82, 2.24) is 9.88 Å². The molecule has 3 aromatic rings. The highest BCUT2D eigenvalue weighted by molar-refractivity contribution is 6.37. The van der Waals surface area contributed by atoms with E-state index in [9.17, 15) is 14.9 Å². The lowest BCUT2D eigenvalue weighted by molar-refractivity contribution is -0.384. The summed E-state index contributed by atoms with van der Waals surface area (Å²) >= 11 is 12.2. The van der Waals surface area contributed by atoms with E-state index in [-0.39, 0.29) is 27.4 Å². The summed E-state index contributed by atoms with van der Waals surface area (Å²) in [6.07, 6.45) is 2.36. The molecule has 30 heavy (non-hydrogen) atoms. The molecule has 1 aliphatic heterocycles. The van der Waals surface area contributed by atoms with Crippen LogP contribution < -0.4 is 4.74 Å². The van der Waals surface area contributed by atoms with Crippen molar-refractivity contribution < 1.29 is 14.5 Å². The molecular weight excluding hydrogens is 429 g/mol. The number of pyridine rings is 1. The van der Waals surface area contributed by atoms with Gasteiger partial charge in [-0.15, -0.1) is 0 Å². The van der Waals surface area contributed by atoms with Gasteiger partial charge in [-0.1, -0.05) is 29.3 Å². The molecule has 152 valence electrons. The minimum absolute atomic E-state index is 0.0320. The number of rotatable bonds is 5. The van der Waals surface area contributed by atoms with E-state index < -0.39 is 4.92 Å². The highest BCUT2D eigenvalue weighted by atomic mass is 35.5. The minimum Gasteiger partial charge on any atom is -0.454 e. The van der Waals surface area contributed by atoms with E-state index >= 15 is 0 Å². The summed E-state index contributed by atoms with van der Waals surface area (Å²) in [5, 5.41) is 11.0. The van der Waals surface area contributed by atoms with E-state index in [1.807, 2.05) is 18.2 Å². The SMILES string of the molecule is O=C1c2ccc(Oc3c(Cl)cc([N+](=O)[O-])cc3Cl)cc2CCN1Cc1ccccn1. The van der Waals surface area contributed by atoms with Crippen LogP contribution in [0, 0.1) is 10.1 Å². The van der Waals surface area contributed by atoms with Crippen LogP contribution in [0.2, 0.25) is 10.0 Å². The topological polar surface area (TPSA) is 85.6 Å². The number of nitrogens with zero attached hydrogens (tertiary/aromatic N) is 3. The number of carbonyl (C=O) groups is 1. The Labute approximate surface area is 182 Å². The standard InChI is InChI=1S/C21H15Cl2N3O4/c22-18-10-15(26(28)29)11-19(23)20(18)30-16-4-5-17-13(9-16)6-8-25(21(17)27)12-14-3-1-2-7-24-14/h1-5,7,9-11H,6,8,12H2. The number of halogens is 2. The van der Waals surface area contributed by atoms with E-state index in [1.165, 1.54) is 12.1 Å². The normalized spacial score (nSPS) is 13.1. The summed E-state index contributed by atoms with van der Waals surface area (Å²) in [6.45, 7) is 1.01. The quantitative estimate of drug-likeness (QED) is 0.395.